The summed E-state index contributed by atoms with van der Waals surface area (Å²) in [6, 6.07) is 0.624. The summed E-state index contributed by atoms with van der Waals surface area (Å²) in [4.78, 5) is 36.0. The van der Waals surface area contributed by atoms with E-state index in [0.717, 1.165) is 36.4 Å². The lowest BCUT2D eigenvalue weighted by Crippen LogP contribution is -2.56. The maximum absolute atomic E-state index is 14.0. The first-order chi connectivity index (χ1) is 18.5. The molecule has 2 fully saturated rings. The van der Waals surface area contributed by atoms with Gasteiger partial charge in [0.25, 0.3) is 18.2 Å². The number of pyridine rings is 1. The fraction of sp³-hybridized carbons (Fsp3) is 0.583. The molecule has 39 heavy (non-hydrogen) atoms. The number of alkyl halides is 5. The van der Waals surface area contributed by atoms with Crippen molar-refractivity contribution in [3.05, 3.63) is 28.5 Å². The Hall–Kier alpha value is -2.52. The highest BCUT2D eigenvalue weighted by molar-refractivity contribution is 7.96. The number of nitrogens with zero attached hydrogens (tertiary/aromatic N) is 4. The molecule has 1 atom stereocenters. The predicted molar refractivity (Wildman–Crippen MR) is 142 cm³/mol. The second-order valence-corrected chi connectivity index (χ2v) is 10.7. The Morgan fingerprint density at radius 1 is 1.26 bits per heavy atom. The molecule has 4 rings (SSSR count). The van der Waals surface area contributed by atoms with E-state index in [4.69, 9.17) is 0 Å². The van der Waals surface area contributed by atoms with Crippen LogP contribution in [0.3, 0.4) is 0 Å². The van der Waals surface area contributed by atoms with Gasteiger partial charge in [-0.15, -0.1) is 11.3 Å². The minimum absolute atomic E-state index is 0.0266. The second-order valence-electron chi connectivity index (χ2n) is 8.81. The lowest BCUT2D eigenvalue weighted by Gasteiger charge is -2.37. The molecule has 0 aromatic carbocycles. The summed E-state index contributed by atoms with van der Waals surface area (Å²) < 4.78 is 67.9. The third-order valence-corrected chi connectivity index (χ3v) is 8.07. The lowest BCUT2D eigenvalue weighted by atomic mass is 10.1. The summed E-state index contributed by atoms with van der Waals surface area (Å²) in [5.74, 6) is -1.41. The number of anilines is 1. The van der Waals surface area contributed by atoms with Crippen molar-refractivity contribution >= 4 is 40.9 Å². The normalized spacial score (nSPS) is 18.0. The molecule has 2 aliphatic rings. The number of likely N-dealkylation sites (tertiary alicyclic amines) is 1. The molecule has 0 spiro atoms. The average molecular weight is 595 g/mol. The largest absolute Gasteiger partial charge is 0.405 e. The number of aromatic nitrogens is 2. The number of hydrogen-bond donors (Lipinski definition) is 2. The Kier molecular flexibility index (Phi) is 10.5. The van der Waals surface area contributed by atoms with Gasteiger partial charge < -0.3 is 15.5 Å². The minimum Gasteiger partial charge on any atom is -0.361 e. The monoisotopic (exact) mass is 594 g/mol. The van der Waals surface area contributed by atoms with Crippen LogP contribution in [0.25, 0.3) is 10.4 Å². The van der Waals surface area contributed by atoms with Crippen molar-refractivity contribution in [2.45, 2.75) is 58.3 Å². The number of halogens is 5. The van der Waals surface area contributed by atoms with Gasteiger partial charge in [-0.2, -0.15) is 13.2 Å². The van der Waals surface area contributed by atoms with Crippen molar-refractivity contribution in [1.29, 1.82) is 0 Å². The molecule has 8 nitrogen and oxygen atoms in total. The van der Waals surface area contributed by atoms with E-state index < -0.39 is 36.5 Å². The number of carbonyl (C=O) groups excluding carboxylic acids is 2. The van der Waals surface area contributed by atoms with Crippen LogP contribution in [0, 0.1) is 0 Å². The Bertz CT molecular complexity index is 1160. The summed E-state index contributed by atoms with van der Waals surface area (Å²) in [7, 11) is 0. The first kappa shape index (κ1) is 31.0. The van der Waals surface area contributed by atoms with Crippen LogP contribution in [0.4, 0.5) is 27.8 Å². The van der Waals surface area contributed by atoms with Gasteiger partial charge in [-0.1, -0.05) is 25.8 Å². The molecular weight excluding hydrogens is 563 g/mol. The van der Waals surface area contributed by atoms with Crippen molar-refractivity contribution in [3.63, 3.8) is 0 Å². The summed E-state index contributed by atoms with van der Waals surface area (Å²) in [6.45, 7) is 6.15. The smallest absolute Gasteiger partial charge is 0.361 e. The molecule has 2 aromatic rings. The van der Waals surface area contributed by atoms with Crippen LogP contribution >= 0.6 is 23.3 Å². The first-order valence-corrected chi connectivity index (χ1v) is 14.5. The van der Waals surface area contributed by atoms with Crippen LogP contribution < -0.4 is 10.6 Å². The molecule has 0 bridgehead atoms. The number of nitrogens with one attached hydrogen (secondary N) is 2. The van der Waals surface area contributed by atoms with Crippen molar-refractivity contribution in [2.75, 3.05) is 37.8 Å². The fourth-order valence-corrected chi connectivity index (χ4v) is 5.82. The standard InChI is InChI=1S/C22H25F5N6O2S2.C2H6/c1-11-4-3-5-33(11)21(35)16-17(37-20(31-16)19(34)30-12-8-32(9-12)36-2)14-7-28-15(6-13(14)18(23)24)29-10-22(25,26)27;1-2/h6-7,11-12,18H,3-5,8-10H2,1-2H3,(H,28,29)(H,30,34);1-2H3. The average Bonchev–Trinajstić information content (AvgIpc) is 3.51. The van der Waals surface area contributed by atoms with Gasteiger partial charge in [0.05, 0.1) is 10.9 Å². The van der Waals surface area contributed by atoms with Gasteiger partial charge in [-0.25, -0.2) is 23.1 Å². The second kappa shape index (κ2) is 13.2. The van der Waals surface area contributed by atoms with E-state index in [1.54, 1.807) is 16.8 Å². The molecule has 0 aliphatic carbocycles. The number of hydrogen-bond acceptors (Lipinski definition) is 8. The van der Waals surface area contributed by atoms with E-state index in [0.29, 0.717) is 19.6 Å². The molecule has 15 heteroatoms. The Morgan fingerprint density at radius 3 is 2.51 bits per heavy atom. The number of rotatable bonds is 8. The molecule has 2 amide bonds. The maximum atomic E-state index is 14.0. The van der Waals surface area contributed by atoms with E-state index in [-0.39, 0.29) is 39.0 Å². The number of amides is 2. The summed E-state index contributed by atoms with van der Waals surface area (Å²) in [6.07, 6.45) is -3.19. The van der Waals surface area contributed by atoms with E-state index in [2.05, 4.69) is 15.3 Å². The van der Waals surface area contributed by atoms with Crippen LogP contribution in [0.5, 0.6) is 0 Å². The van der Waals surface area contributed by atoms with E-state index in [1.165, 1.54) is 0 Å². The van der Waals surface area contributed by atoms with Gasteiger partial charge in [0.15, 0.2) is 5.01 Å². The van der Waals surface area contributed by atoms with Gasteiger partial charge in [-0.3, -0.25) is 9.59 Å². The van der Waals surface area contributed by atoms with Crippen LogP contribution in [0.1, 0.15) is 65.9 Å². The molecule has 2 aliphatic heterocycles. The lowest BCUT2D eigenvalue weighted by molar-refractivity contribution is -0.115. The van der Waals surface area contributed by atoms with Gasteiger partial charge >= 0.3 is 6.18 Å². The van der Waals surface area contributed by atoms with Gasteiger partial charge in [0.2, 0.25) is 0 Å². The zero-order valence-corrected chi connectivity index (χ0v) is 23.6. The first-order valence-electron chi connectivity index (χ1n) is 12.5. The highest BCUT2D eigenvalue weighted by atomic mass is 32.2. The molecule has 2 N–H and O–H groups in total. The zero-order valence-electron chi connectivity index (χ0n) is 21.9. The molecule has 216 valence electrons. The van der Waals surface area contributed by atoms with Crippen LogP contribution in [-0.4, -0.2) is 81.7 Å². The quantitative estimate of drug-likeness (QED) is 0.310. The van der Waals surface area contributed by atoms with E-state index in [9.17, 15) is 31.5 Å². The van der Waals surface area contributed by atoms with Crippen LogP contribution in [-0.2, 0) is 0 Å². The van der Waals surface area contributed by atoms with E-state index in [1.807, 2.05) is 36.6 Å². The summed E-state index contributed by atoms with van der Waals surface area (Å²) >= 11 is 2.33. The molecule has 0 radical (unpaired) electrons. The minimum atomic E-state index is -4.56. The molecular formula is C24H31F5N6O2S2. The number of thiazole rings is 1. The maximum Gasteiger partial charge on any atom is 0.405 e. The third-order valence-electron chi connectivity index (χ3n) is 6.16. The van der Waals surface area contributed by atoms with E-state index >= 15 is 0 Å². The Balaban J connectivity index is 0.00000205. The molecule has 2 saturated heterocycles. The SMILES string of the molecule is CC.CSN1CC(NC(=O)c2nc(C(=O)N3CCCC3C)c(-c3cnc(NCC(F)(F)F)cc3C(F)F)s2)C1. The van der Waals surface area contributed by atoms with Crippen molar-refractivity contribution in [1.82, 2.24) is 24.5 Å². The van der Waals surface area contributed by atoms with Crippen molar-refractivity contribution in [2.24, 2.45) is 0 Å². The molecule has 2 aromatic heterocycles. The van der Waals surface area contributed by atoms with Crippen molar-refractivity contribution in [3.8, 4) is 10.4 Å². The van der Waals surface area contributed by atoms with Gasteiger partial charge in [0.1, 0.15) is 18.1 Å². The topological polar surface area (TPSA) is 90.5 Å². The van der Waals surface area contributed by atoms with Crippen LogP contribution in [0.2, 0.25) is 0 Å². The summed E-state index contributed by atoms with van der Waals surface area (Å²) in [5, 5.41) is 4.76. The molecule has 4 heterocycles. The Labute approximate surface area is 231 Å². The predicted octanol–water partition coefficient (Wildman–Crippen LogP) is 5.46. The number of carbonyl (C=O) groups is 2. The molecule has 1 unspecified atom stereocenters. The zero-order chi connectivity index (χ0) is 28.9. The van der Waals surface area contributed by atoms with Crippen molar-refractivity contribution < 1.29 is 31.5 Å². The highest BCUT2D eigenvalue weighted by Gasteiger charge is 2.34. The van der Waals surface area contributed by atoms with Crippen LogP contribution in [0.15, 0.2) is 12.3 Å². The van der Waals surface area contributed by atoms with Gasteiger partial charge in [-0.05, 0) is 32.1 Å². The summed E-state index contributed by atoms with van der Waals surface area (Å²) in [5.41, 5.74) is -0.923. The van der Waals surface area contributed by atoms with Gasteiger partial charge in [0, 0.05) is 43.0 Å². The molecule has 0 saturated carbocycles. The Morgan fingerprint density at radius 2 is 1.95 bits per heavy atom. The third kappa shape index (κ3) is 7.57. The highest BCUT2D eigenvalue weighted by Crippen LogP contribution is 2.39. The fourth-order valence-electron chi connectivity index (χ4n) is 4.17.